The van der Waals surface area contributed by atoms with Crippen LogP contribution in [0.25, 0.3) is 0 Å². The first-order chi connectivity index (χ1) is 9.39. The van der Waals surface area contributed by atoms with E-state index in [9.17, 15) is 9.90 Å². The molecular weight excluding hydrogens is 254 g/mol. The molecule has 1 rings (SSSR count). The van der Waals surface area contributed by atoms with Crippen LogP contribution in [0.1, 0.15) is 45.4 Å². The van der Waals surface area contributed by atoms with Gasteiger partial charge in [-0.15, -0.1) is 0 Å². The van der Waals surface area contributed by atoms with Gasteiger partial charge in [0, 0.05) is 19.1 Å². The van der Waals surface area contributed by atoms with Crippen LogP contribution in [0.3, 0.4) is 0 Å². The number of hydrogen-bond acceptors (Lipinski definition) is 4. The van der Waals surface area contributed by atoms with Crippen molar-refractivity contribution >= 4 is 5.91 Å². The number of aliphatic hydroxyl groups is 1. The fourth-order valence-electron chi connectivity index (χ4n) is 2.88. The van der Waals surface area contributed by atoms with Gasteiger partial charge in [0.25, 0.3) is 0 Å². The van der Waals surface area contributed by atoms with Crippen LogP contribution in [0.15, 0.2) is 0 Å². The summed E-state index contributed by atoms with van der Waals surface area (Å²) in [7, 11) is 3.85. The number of amides is 1. The molecule has 0 spiro atoms. The SMILES string of the molecule is CN(C)CC(C)(O)CNCC(=O)NC1CCCCCC1. The van der Waals surface area contributed by atoms with Gasteiger partial charge in [-0.05, 0) is 33.9 Å². The highest BCUT2D eigenvalue weighted by Crippen LogP contribution is 2.16. The average Bonchev–Trinajstić information content (AvgIpc) is 2.55. The van der Waals surface area contributed by atoms with Crippen molar-refractivity contribution in [1.29, 1.82) is 0 Å². The van der Waals surface area contributed by atoms with Gasteiger partial charge in [-0.3, -0.25) is 4.79 Å². The Morgan fingerprint density at radius 2 is 1.85 bits per heavy atom. The van der Waals surface area contributed by atoms with Crippen molar-refractivity contribution in [3.05, 3.63) is 0 Å². The van der Waals surface area contributed by atoms with E-state index in [2.05, 4.69) is 10.6 Å². The molecule has 1 saturated carbocycles. The third-order valence-electron chi connectivity index (χ3n) is 3.67. The molecule has 20 heavy (non-hydrogen) atoms. The van der Waals surface area contributed by atoms with Gasteiger partial charge in [-0.2, -0.15) is 0 Å². The van der Waals surface area contributed by atoms with E-state index in [4.69, 9.17) is 0 Å². The summed E-state index contributed by atoms with van der Waals surface area (Å²) in [5, 5.41) is 16.3. The van der Waals surface area contributed by atoms with Crippen LogP contribution in [0.4, 0.5) is 0 Å². The highest BCUT2D eigenvalue weighted by Gasteiger charge is 2.21. The van der Waals surface area contributed by atoms with E-state index in [0.717, 1.165) is 12.8 Å². The molecule has 0 aliphatic heterocycles. The van der Waals surface area contributed by atoms with E-state index in [0.29, 0.717) is 19.1 Å². The predicted molar refractivity (Wildman–Crippen MR) is 81.7 cm³/mol. The third kappa shape index (κ3) is 7.82. The van der Waals surface area contributed by atoms with Crippen LogP contribution in [-0.4, -0.2) is 61.3 Å². The second kappa shape index (κ2) is 8.60. The van der Waals surface area contributed by atoms with E-state index in [-0.39, 0.29) is 12.5 Å². The van der Waals surface area contributed by atoms with Gasteiger partial charge in [0.1, 0.15) is 0 Å². The number of likely N-dealkylation sites (N-methyl/N-ethyl adjacent to an activating group) is 1. The first-order valence-corrected chi connectivity index (χ1v) is 7.76. The quantitative estimate of drug-likeness (QED) is 0.603. The maximum atomic E-state index is 11.9. The summed E-state index contributed by atoms with van der Waals surface area (Å²) in [5.74, 6) is 0.0394. The fourth-order valence-corrected chi connectivity index (χ4v) is 2.88. The summed E-state index contributed by atoms with van der Waals surface area (Å²) < 4.78 is 0. The smallest absolute Gasteiger partial charge is 0.234 e. The van der Waals surface area contributed by atoms with Crippen LogP contribution in [0, 0.1) is 0 Å². The monoisotopic (exact) mass is 285 g/mol. The molecule has 1 unspecified atom stereocenters. The second-order valence-electron chi connectivity index (χ2n) is 6.59. The molecule has 1 aliphatic rings. The lowest BCUT2D eigenvalue weighted by molar-refractivity contribution is -0.121. The zero-order valence-electron chi connectivity index (χ0n) is 13.2. The Hall–Kier alpha value is -0.650. The van der Waals surface area contributed by atoms with E-state index in [1.807, 2.05) is 19.0 Å². The van der Waals surface area contributed by atoms with Gasteiger partial charge in [0.15, 0.2) is 0 Å². The molecule has 1 fully saturated rings. The standard InChI is InChI=1S/C15H31N3O2/c1-15(20,12-18(2)3)11-16-10-14(19)17-13-8-6-4-5-7-9-13/h13,16,20H,4-12H2,1-3H3,(H,17,19). The van der Waals surface area contributed by atoms with Crippen molar-refractivity contribution in [2.45, 2.75) is 57.1 Å². The molecule has 1 aliphatic carbocycles. The molecule has 0 heterocycles. The van der Waals surface area contributed by atoms with Gasteiger partial charge >= 0.3 is 0 Å². The summed E-state index contributed by atoms with van der Waals surface area (Å²) in [6, 6.07) is 0.342. The first kappa shape index (κ1) is 17.4. The summed E-state index contributed by atoms with van der Waals surface area (Å²) in [5.41, 5.74) is -0.813. The number of rotatable bonds is 7. The van der Waals surface area contributed by atoms with Crippen molar-refractivity contribution in [2.24, 2.45) is 0 Å². The van der Waals surface area contributed by atoms with E-state index < -0.39 is 5.60 Å². The zero-order valence-corrected chi connectivity index (χ0v) is 13.2. The molecule has 0 aromatic heterocycles. The average molecular weight is 285 g/mol. The van der Waals surface area contributed by atoms with Crippen molar-refractivity contribution in [1.82, 2.24) is 15.5 Å². The van der Waals surface area contributed by atoms with E-state index in [1.165, 1.54) is 25.7 Å². The summed E-state index contributed by atoms with van der Waals surface area (Å²) >= 11 is 0. The van der Waals surface area contributed by atoms with Crippen molar-refractivity contribution in [3.63, 3.8) is 0 Å². The van der Waals surface area contributed by atoms with Gasteiger partial charge < -0.3 is 20.6 Å². The highest BCUT2D eigenvalue weighted by atomic mass is 16.3. The van der Waals surface area contributed by atoms with Crippen LogP contribution in [0.2, 0.25) is 0 Å². The predicted octanol–water partition coefficient (Wildman–Crippen LogP) is 0.728. The van der Waals surface area contributed by atoms with Crippen LogP contribution in [-0.2, 0) is 4.79 Å². The molecule has 5 nitrogen and oxygen atoms in total. The maximum absolute atomic E-state index is 11.9. The molecular formula is C15H31N3O2. The number of carbonyl (C=O) groups is 1. The molecule has 0 bridgehead atoms. The number of nitrogens with zero attached hydrogens (tertiary/aromatic N) is 1. The van der Waals surface area contributed by atoms with Gasteiger partial charge in [-0.25, -0.2) is 0 Å². The summed E-state index contributed by atoms with van der Waals surface area (Å²) in [4.78, 5) is 13.8. The van der Waals surface area contributed by atoms with Crippen molar-refractivity contribution < 1.29 is 9.90 Å². The van der Waals surface area contributed by atoms with Crippen LogP contribution < -0.4 is 10.6 Å². The molecule has 0 radical (unpaired) electrons. The van der Waals surface area contributed by atoms with Gasteiger partial charge in [0.2, 0.25) is 5.91 Å². The molecule has 1 amide bonds. The molecule has 1 atom stereocenters. The van der Waals surface area contributed by atoms with Crippen molar-refractivity contribution in [3.8, 4) is 0 Å². The number of carbonyl (C=O) groups excluding carboxylic acids is 1. The molecule has 5 heteroatoms. The summed E-state index contributed by atoms with van der Waals surface area (Å²) in [6.07, 6.45) is 7.22. The minimum Gasteiger partial charge on any atom is -0.388 e. The fraction of sp³-hybridized carbons (Fsp3) is 0.933. The Bertz CT molecular complexity index is 285. The Kier molecular flexibility index (Phi) is 7.48. The largest absolute Gasteiger partial charge is 0.388 e. The molecule has 0 saturated heterocycles. The molecule has 3 N–H and O–H groups in total. The lowest BCUT2D eigenvalue weighted by Crippen LogP contribution is -2.48. The van der Waals surface area contributed by atoms with Crippen LogP contribution in [0.5, 0.6) is 0 Å². The lowest BCUT2D eigenvalue weighted by Gasteiger charge is -2.27. The Morgan fingerprint density at radius 3 is 2.40 bits per heavy atom. The molecule has 118 valence electrons. The van der Waals surface area contributed by atoms with E-state index >= 15 is 0 Å². The maximum Gasteiger partial charge on any atom is 0.234 e. The third-order valence-corrected chi connectivity index (χ3v) is 3.67. The lowest BCUT2D eigenvalue weighted by atomic mass is 10.1. The van der Waals surface area contributed by atoms with E-state index in [1.54, 1.807) is 6.92 Å². The van der Waals surface area contributed by atoms with Crippen LogP contribution >= 0.6 is 0 Å². The highest BCUT2D eigenvalue weighted by molar-refractivity contribution is 5.78. The number of hydrogen-bond donors (Lipinski definition) is 3. The van der Waals surface area contributed by atoms with Gasteiger partial charge in [-0.1, -0.05) is 25.7 Å². The Labute approximate surface area is 123 Å². The first-order valence-electron chi connectivity index (χ1n) is 7.76. The molecule has 0 aromatic rings. The second-order valence-corrected chi connectivity index (χ2v) is 6.59. The zero-order chi connectivity index (χ0) is 15.0. The number of nitrogens with one attached hydrogen (secondary N) is 2. The van der Waals surface area contributed by atoms with Gasteiger partial charge in [0.05, 0.1) is 12.1 Å². The minimum atomic E-state index is -0.813. The minimum absolute atomic E-state index is 0.0394. The topological polar surface area (TPSA) is 64.6 Å². The van der Waals surface area contributed by atoms with Crippen molar-refractivity contribution in [2.75, 3.05) is 33.7 Å². The Balaban J connectivity index is 2.19. The normalized spacial score (nSPS) is 20.4. The molecule has 0 aromatic carbocycles. The summed E-state index contributed by atoms with van der Waals surface area (Å²) in [6.45, 7) is 3.05. The Morgan fingerprint density at radius 1 is 1.25 bits per heavy atom.